The third-order valence-corrected chi connectivity index (χ3v) is 4.52. The molecule has 1 saturated heterocycles. The van der Waals surface area contributed by atoms with Crippen LogP contribution in [0.25, 0.3) is 0 Å². The topological polar surface area (TPSA) is 46.3 Å². The van der Waals surface area contributed by atoms with Gasteiger partial charge >= 0.3 is 0 Å². The molecule has 1 aliphatic carbocycles. The molecule has 2 N–H and O–H groups in total. The number of amides is 1. The molecule has 1 heterocycles. The zero-order chi connectivity index (χ0) is 12.5. The van der Waals surface area contributed by atoms with Crippen LogP contribution in [0.3, 0.4) is 0 Å². The van der Waals surface area contributed by atoms with E-state index in [9.17, 15) is 4.79 Å². The van der Waals surface area contributed by atoms with Crippen LogP contribution in [-0.4, -0.2) is 28.9 Å². The summed E-state index contributed by atoms with van der Waals surface area (Å²) in [6, 6.07) is 0.383. The van der Waals surface area contributed by atoms with Crippen LogP contribution in [0.2, 0.25) is 0 Å². The van der Waals surface area contributed by atoms with Crippen LogP contribution in [0.4, 0.5) is 0 Å². The summed E-state index contributed by atoms with van der Waals surface area (Å²) in [6.07, 6.45) is 7.60. The van der Waals surface area contributed by atoms with Gasteiger partial charge in [0.15, 0.2) is 0 Å². The Hall–Kier alpha value is -0.570. The Morgan fingerprint density at radius 1 is 1.24 bits per heavy atom. The van der Waals surface area contributed by atoms with Crippen molar-refractivity contribution in [2.75, 3.05) is 6.54 Å². The number of hydrogen-bond donors (Lipinski definition) is 1. The van der Waals surface area contributed by atoms with Gasteiger partial charge in [-0.1, -0.05) is 19.8 Å². The standard InChI is InChI=1S/C14H26N2O/c1-11-6-5-8-14(15,10-11)13(17)16-9-4-3-7-12(16)2/h11-12H,3-10,15H2,1-2H3. The summed E-state index contributed by atoms with van der Waals surface area (Å²) in [7, 11) is 0. The zero-order valence-electron chi connectivity index (χ0n) is 11.2. The SMILES string of the molecule is CC1CCCC(N)(C(=O)N2CCCCC2C)C1. The number of nitrogens with two attached hydrogens (primary N) is 1. The lowest BCUT2D eigenvalue weighted by Crippen LogP contribution is -2.59. The lowest BCUT2D eigenvalue weighted by atomic mass is 9.76. The summed E-state index contributed by atoms with van der Waals surface area (Å²) < 4.78 is 0. The maximum atomic E-state index is 12.6. The summed E-state index contributed by atoms with van der Waals surface area (Å²) in [4.78, 5) is 14.7. The van der Waals surface area contributed by atoms with Crippen LogP contribution in [-0.2, 0) is 4.79 Å². The molecule has 1 saturated carbocycles. The molecule has 3 unspecified atom stereocenters. The van der Waals surface area contributed by atoms with Gasteiger partial charge in [0.1, 0.15) is 0 Å². The van der Waals surface area contributed by atoms with E-state index < -0.39 is 5.54 Å². The minimum absolute atomic E-state index is 0.219. The maximum absolute atomic E-state index is 12.6. The van der Waals surface area contributed by atoms with Crippen molar-refractivity contribution in [1.29, 1.82) is 0 Å². The molecule has 2 aliphatic rings. The summed E-state index contributed by atoms with van der Waals surface area (Å²) in [5.74, 6) is 0.814. The van der Waals surface area contributed by atoms with Crippen LogP contribution in [0.5, 0.6) is 0 Å². The van der Waals surface area contributed by atoms with Gasteiger partial charge in [0.05, 0.1) is 5.54 Å². The Kier molecular flexibility index (Phi) is 3.76. The predicted octanol–water partition coefficient (Wildman–Crippen LogP) is 2.29. The highest BCUT2D eigenvalue weighted by molar-refractivity contribution is 5.86. The molecule has 1 amide bonds. The van der Waals surface area contributed by atoms with Crippen molar-refractivity contribution in [2.45, 2.75) is 70.4 Å². The number of nitrogens with zero attached hydrogens (tertiary/aromatic N) is 1. The molecular weight excluding hydrogens is 212 g/mol. The lowest BCUT2D eigenvalue weighted by Gasteiger charge is -2.43. The number of carbonyl (C=O) groups is 1. The molecule has 3 nitrogen and oxygen atoms in total. The van der Waals surface area contributed by atoms with E-state index in [1.54, 1.807) is 0 Å². The summed E-state index contributed by atoms with van der Waals surface area (Å²) in [5.41, 5.74) is 5.83. The van der Waals surface area contributed by atoms with Gasteiger partial charge in [-0.05, 0) is 44.9 Å². The van der Waals surface area contributed by atoms with E-state index in [0.717, 1.165) is 38.6 Å². The Morgan fingerprint density at radius 3 is 2.65 bits per heavy atom. The smallest absolute Gasteiger partial charge is 0.242 e. The monoisotopic (exact) mass is 238 g/mol. The van der Waals surface area contributed by atoms with Gasteiger partial charge in [-0.15, -0.1) is 0 Å². The fourth-order valence-electron chi connectivity index (χ4n) is 3.47. The van der Waals surface area contributed by atoms with Crippen molar-refractivity contribution in [2.24, 2.45) is 11.7 Å². The highest BCUT2D eigenvalue weighted by Crippen LogP contribution is 2.33. The van der Waals surface area contributed by atoms with E-state index >= 15 is 0 Å². The molecule has 3 atom stereocenters. The summed E-state index contributed by atoms with van der Waals surface area (Å²) in [6.45, 7) is 5.29. The van der Waals surface area contributed by atoms with Gasteiger partial charge < -0.3 is 10.6 Å². The van der Waals surface area contributed by atoms with Gasteiger partial charge in [-0.25, -0.2) is 0 Å². The number of hydrogen-bond acceptors (Lipinski definition) is 2. The first-order chi connectivity index (χ1) is 8.03. The minimum Gasteiger partial charge on any atom is -0.338 e. The molecule has 0 bridgehead atoms. The first-order valence-corrected chi connectivity index (χ1v) is 7.13. The first-order valence-electron chi connectivity index (χ1n) is 7.13. The second-order valence-corrected chi connectivity index (χ2v) is 6.20. The molecule has 2 fully saturated rings. The van der Waals surface area contributed by atoms with Crippen LogP contribution in [0.15, 0.2) is 0 Å². The summed E-state index contributed by atoms with van der Waals surface area (Å²) in [5, 5.41) is 0. The average molecular weight is 238 g/mol. The maximum Gasteiger partial charge on any atom is 0.242 e. The Bertz CT molecular complexity index is 292. The zero-order valence-corrected chi connectivity index (χ0v) is 11.2. The second-order valence-electron chi connectivity index (χ2n) is 6.20. The Morgan fingerprint density at radius 2 is 2.00 bits per heavy atom. The number of likely N-dealkylation sites (tertiary alicyclic amines) is 1. The Balaban J connectivity index is 2.06. The van der Waals surface area contributed by atoms with Crippen LogP contribution >= 0.6 is 0 Å². The third kappa shape index (κ3) is 2.65. The van der Waals surface area contributed by atoms with Crippen molar-refractivity contribution in [3.63, 3.8) is 0 Å². The lowest BCUT2D eigenvalue weighted by molar-refractivity contribution is -0.142. The highest BCUT2D eigenvalue weighted by atomic mass is 16.2. The van der Waals surface area contributed by atoms with E-state index in [1.807, 2.05) is 4.90 Å². The molecule has 1 aliphatic heterocycles. The van der Waals surface area contributed by atoms with Crippen LogP contribution in [0.1, 0.15) is 58.8 Å². The van der Waals surface area contributed by atoms with E-state index in [1.165, 1.54) is 12.8 Å². The minimum atomic E-state index is -0.566. The number of carbonyl (C=O) groups excluding carboxylic acids is 1. The van der Waals surface area contributed by atoms with E-state index in [2.05, 4.69) is 13.8 Å². The van der Waals surface area contributed by atoms with Crippen molar-refractivity contribution < 1.29 is 4.79 Å². The second kappa shape index (κ2) is 4.97. The van der Waals surface area contributed by atoms with Crippen molar-refractivity contribution in [1.82, 2.24) is 4.90 Å². The first kappa shape index (κ1) is 12.9. The molecular formula is C14H26N2O. The third-order valence-electron chi connectivity index (χ3n) is 4.52. The van der Waals surface area contributed by atoms with Gasteiger partial charge in [0.25, 0.3) is 0 Å². The van der Waals surface area contributed by atoms with Gasteiger partial charge in [-0.2, -0.15) is 0 Å². The molecule has 0 spiro atoms. The average Bonchev–Trinajstić information content (AvgIpc) is 2.28. The van der Waals surface area contributed by atoms with Crippen molar-refractivity contribution >= 4 is 5.91 Å². The molecule has 2 rings (SSSR count). The predicted molar refractivity (Wildman–Crippen MR) is 69.6 cm³/mol. The Labute approximate surface area is 105 Å². The van der Waals surface area contributed by atoms with E-state index in [0.29, 0.717) is 12.0 Å². The largest absolute Gasteiger partial charge is 0.338 e. The van der Waals surface area contributed by atoms with E-state index in [4.69, 9.17) is 5.73 Å². The molecule has 17 heavy (non-hydrogen) atoms. The molecule has 98 valence electrons. The van der Waals surface area contributed by atoms with Gasteiger partial charge in [-0.3, -0.25) is 4.79 Å². The molecule has 0 aromatic heterocycles. The van der Waals surface area contributed by atoms with Crippen molar-refractivity contribution in [3.8, 4) is 0 Å². The molecule has 0 aromatic carbocycles. The fraction of sp³-hybridized carbons (Fsp3) is 0.929. The van der Waals surface area contributed by atoms with Crippen LogP contribution < -0.4 is 5.73 Å². The quantitative estimate of drug-likeness (QED) is 0.762. The molecule has 0 radical (unpaired) electrons. The van der Waals surface area contributed by atoms with Crippen LogP contribution in [0, 0.1) is 5.92 Å². The van der Waals surface area contributed by atoms with Gasteiger partial charge in [0, 0.05) is 12.6 Å². The highest BCUT2D eigenvalue weighted by Gasteiger charge is 2.41. The summed E-state index contributed by atoms with van der Waals surface area (Å²) >= 11 is 0. The van der Waals surface area contributed by atoms with Crippen molar-refractivity contribution in [3.05, 3.63) is 0 Å². The number of rotatable bonds is 1. The fourth-order valence-corrected chi connectivity index (χ4v) is 3.47. The molecule has 0 aromatic rings. The number of piperidine rings is 1. The van der Waals surface area contributed by atoms with E-state index in [-0.39, 0.29) is 5.91 Å². The molecule has 3 heteroatoms. The normalized spacial score (nSPS) is 39.1. The van der Waals surface area contributed by atoms with Gasteiger partial charge in [0.2, 0.25) is 5.91 Å².